The van der Waals surface area contributed by atoms with Crippen LogP contribution in [0.25, 0.3) is 10.8 Å². The lowest BCUT2D eigenvalue weighted by atomic mass is 10.1. The molecule has 1 fully saturated rings. The van der Waals surface area contributed by atoms with E-state index in [-0.39, 0.29) is 12.2 Å². The predicted octanol–water partition coefficient (Wildman–Crippen LogP) is 3.38. The number of nitriles is 1. The Morgan fingerprint density at radius 3 is 2.50 bits per heavy atom. The number of halogens is 3. The van der Waals surface area contributed by atoms with Crippen LogP contribution >= 0.6 is 0 Å². The molecule has 28 heavy (non-hydrogen) atoms. The lowest BCUT2D eigenvalue weighted by Gasteiger charge is -2.20. The summed E-state index contributed by atoms with van der Waals surface area (Å²) in [6.07, 6.45) is 0.295. The van der Waals surface area contributed by atoms with Gasteiger partial charge in [-0.25, -0.2) is 14.8 Å². The number of alkyl halides is 3. The van der Waals surface area contributed by atoms with Crippen molar-refractivity contribution in [2.24, 2.45) is 0 Å². The third-order valence-electron chi connectivity index (χ3n) is 4.36. The van der Waals surface area contributed by atoms with Crippen LogP contribution in [0.15, 0.2) is 49.1 Å². The van der Waals surface area contributed by atoms with Gasteiger partial charge in [0.25, 0.3) is 0 Å². The molecule has 140 valence electrons. The molecule has 0 bridgehead atoms. The highest BCUT2D eigenvalue weighted by molar-refractivity contribution is 6.11. The highest BCUT2D eigenvalue weighted by Gasteiger charge is 2.41. The van der Waals surface area contributed by atoms with Crippen LogP contribution in [-0.2, 0) is 6.18 Å². The van der Waals surface area contributed by atoms with E-state index >= 15 is 0 Å². The van der Waals surface area contributed by atoms with Crippen LogP contribution in [0.1, 0.15) is 5.82 Å². The highest BCUT2D eigenvalue weighted by atomic mass is 19.4. The predicted molar refractivity (Wildman–Crippen MR) is 93.4 cm³/mol. The van der Waals surface area contributed by atoms with Gasteiger partial charge in [-0.05, 0) is 0 Å². The lowest BCUT2D eigenvalue weighted by Crippen LogP contribution is -2.34. The fraction of sp³-hybridized carbons (Fsp3) is 0.167. The maximum absolute atomic E-state index is 13.0. The first-order valence-electron chi connectivity index (χ1n) is 8.12. The number of benzene rings is 1. The van der Waals surface area contributed by atoms with E-state index in [4.69, 9.17) is 0 Å². The van der Waals surface area contributed by atoms with Crippen LogP contribution in [0, 0.1) is 11.3 Å². The number of carbonyl (C=O) groups is 1. The number of anilines is 2. The monoisotopic (exact) mass is 384 g/mol. The second-order valence-corrected chi connectivity index (χ2v) is 6.05. The van der Waals surface area contributed by atoms with Gasteiger partial charge in [-0.2, -0.15) is 18.4 Å². The zero-order valence-electron chi connectivity index (χ0n) is 14.1. The number of aromatic nitrogens is 3. The summed E-state index contributed by atoms with van der Waals surface area (Å²) < 4.78 is 38.0. The van der Waals surface area contributed by atoms with Gasteiger partial charge in [-0.3, -0.25) is 14.8 Å². The second kappa shape index (κ2) is 6.45. The normalized spacial score (nSPS) is 17.2. The van der Waals surface area contributed by atoms with Crippen molar-refractivity contribution in [3.05, 3.63) is 54.9 Å². The van der Waals surface area contributed by atoms with Crippen LogP contribution in [-0.4, -0.2) is 33.6 Å². The van der Waals surface area contributed by atoms with Crippen LogP contribution in [0.2, 0.25) is 0 Å². The number of pyridine rings is 1. The Labute approximate surface area is 156 Å². The highest BCUT2D eigenvalue weighted by Crippen LogP contribution is 2.33. The van der Waals surface area contributed by atoms with Gasteiger partial charge < -0.3 is 0 Å². The van der Waals surface area contributed by atoms with Gasteiger partial charge in [-0.15, -0.1) is 0 Å². The standard InChI is InChI=1S/C18H11F3N6O/c19-18(20,21)16-24-7-13(8-25-16)26-10-12(5-22)27(17(26)28)15-9-23-6-11-3-1-2-4-14(11)15/h1-4,6-9,12H,10H2/t12-/m1/s1. The maximum Gasteiger partial charge on any atom is 0.451 e. The van der Waals surface area contributed by atoms with Crippen molar-refractivity contribution in [1.82, 2.24) is 15.0 Å². The molecule has 0 saturated carbocycles. The number of fused-ring (bicyclic) bond motifs is 1. The van der Waals surface area contributed by atoms with Crippen molar-refractivity contribution in [1.29, 1.82) is 5.26 Å². The molecule has 0 N–H and O–H groups in total. The summed E-state index contributed by atoms with van der Waals surface area (Å²) in [7, 11) is 0. The van der Waals surface area contributed by atoms with Gasteiger partial charge in [0.15, 0.2) is 0 Å². The van der Waals surface area contributed by atoms with E-state index in [1.807, 2.05) is 12.1 Å². The summed E-state index contributed by atoms with van der Waals surface area (Å²) in [6.45, 7) is -0.0344. The minimum absolute atomic E-state index is 0.0344. The molecule has 1 saturated heterocycles. The Bertz CT molecular complexity index is 1090. The Morgan fingerprint density at radius 1 is 1.11 bits per heavy atom. The molecule has 1 aliphatic rings. The number of carbonyl (C=O) groups excluding carboxylic acids is 1. The summed E-state index contributed by atoms with van der Waals surface area (Å²) in [6, 6.07) is 7.91. The largest absolute Gasteiger partial charge is 0.451 e. The number of rotatable bonds is 2. The van der Waals surface area contributed by atoms with Crippen molar-refractivity contribution in [2.75, 3.05) is 16.3 Å². The average Bonchev–Trinajstić information content (AvgIpc) is 3.03. The van der Waals surface area contributed by atoms with Gasteiger partial charge in [0.2, 0.25) is 5.82 Å². The van der Waals surface area contributed by atoms with Crippen molar-refractivity contribution in [3.63, 3.8) is 0 Å². The Hall–Kier alpha value is -3.74. The van der Waals surface area contributed by atoms with E-state index in [0.29, 0.717) is 5.69 Å². The summed E-state index contributed by atoms with van der Waals surface area (Å²) in [5, 5.41) is 11.1. The number of hydrogen-bond acceptors (Lipinski definition) is 5. The molecule has 1 aliphatic heterocycles. The van der Waals surface area contributed by atoms with Crippen LogP contribution < -0.4 is 9.80 Å². The Balaban J connectivity index is 1.73. The molecule has 3 aromatic rings. The van der Waals surface area contributed by atoms with Crippen molar-refractivity contribution in [2.45, 2.75) is 12.2 Å². The van der Waals surface area contributed by atoms with Gasteiger partial charge >= 0.3 is 12.2 Å². The topological polar surface area (TPSA) is 86.0 Å². The molecule has 10 heteroatoms. The SMILES string of the molecule is N#C[C@@H]1CN(c2cnc(C(F)(F)F)nc2)C(=O)N1c1cncc2ccccc12. The third kappa shape index (κ3) is 2.87. The van der Waals surface area contributed by atoms with Gasteiger partial charge in [-0.1, -0.05) is 24.3 Å². The second-order valence-electron chi connectivity index (χ2n) is 6.05. The Morgan fingerprint density at radius 2 is 1.82 bits per heavy atom. The van der Waals surface area contributed by atoms with E-state index in [2.05, 4.69) is 21.0 Å². The first-order chi connectivity index (χ1) is 13.4. The zero-order valence-corrected chi connectivity index (χ0v) is 14.1. The molecule has 0 aliphatic carbocycles. The number of amides is 2. The van der Waals surface area contributed by atoms with Gasteiger partial charge in [0.1, 0.15) is 6.04 Å². The summed E-state index contributed by atoms with van der Waals surface area (Å²) >= 11 is 0. The van der Waals surface area contributed by atoms with E-state index in [0.717, 1.165) is 23.2 Å². The number of hydrogen-bond donors (Lipinski definition) is 0. The van der Waals surface area contributed by atoms with Gasteiger partial charge in [0.05, 0.1) is 42.6 Å². The molecule has 4 rings (SSSR count). The molecule has 1 aromatic carbocycles. The van der Waals surface area contributed by atoms with Crippen molar-refractivity contribution < 1.29 is 18.0 Å². The molecule has 0 radical (unpaired) electrons. The lowest BCUT2D eigenvalue weighted by molar-refractivity contribution is -0.144. The van der Waals surface area contributed by atoms with Crippen LogP contribution in [0.4, 0.5) is 29.3 Å². The molecule has 1 atom stereocenters. The van der Waals surface area contributed by atoms with Crippen molar-refractivity contribution in [3.8, 4) is 6.07 Å². The Kier molecular flexibility index (Phi) is 4.07. The summed E-state index contributed by atoms with van der Waals surface area (Å²) in [4.78, 5) is 26.2. The first-order valence-corrected chi connectivity index (χ1v) is 8.12. The zero-order chi connectivity index (χ0) is 19.9. The molecule has 3 heterocycles. The van der Waals surface area contributed by atoms with E-state index in [9.17, 15) is 23.2 Å². The molecular formula is C18H11F3N6O. The average molecular weight is 384 g/mol. The summed E-state index contributed by atoms with van der Waals surface area (Å²) in [5.74, 6) is -1.30. The van der Waals surface area contributed by atoms with E-state index < -0.39 is 24.1 Å². The number of urea groups is 1. The number of nitrogens with zero attached hydrogens (tertiary/aromatic N) is 6. The molecule has 7 nitrogen and oxygen atoms in total. The fourth-order valence-electron chi connectivity index (χ4n) is 3.08. The minimum Gasteiger partial charge on any atom is -0.288 e. The van der Waals surface area contributed by atoms with E-state index in [1.54, 1.807) is 18.3 Å². The molecular weight excluding hydrogens is 373 g/mol. The van der Waals surface area contributed by atoms with Gasteiger partial charge in [0, 0.05) is 17.0 Å². The smallest absolute Gasteiger partial charge is 0.288 e. The first kappa shape index (κ1) is 17.7. The maximum atomic E-state index is 13.0. The molecule has 2 aromatic heterocycles. The van der Waals surface area contributed by atoms with Crippen LogP contribution in [0.5, 0.6) is 0 Å². The third-order valence-corrected chi connectivity index (χ3v) is 4.36. The van der Waals surface area contributed by atoms with Crippen LogP contribution in [0.3, 0.4) is 0 Å². The summed E-state index contributed by atoms with van der Waals surface area (Å²) in [5.41, 5.74) is 0.527. The molecule has 2 amide bonds. The minimum atomic E-state index is -4.68. The molecule has 0 unspecified atom stereocenters. The molecule has 0 spiro atoms. The van der Waals surface area contributed by atoms with Crippen molar-refractivity contribution >= 4 is 28.2 Å². The van der Waals surface area contributed by atoms with E-state index in [1.165, 1.54) is 16.0 Å². The quantitative estimate of drug-likeness (QED) is 0.676. The fourth-order valence-corrected chi connectivity index (χ4v) is 3.08.